The lowest BCUT2D eigenvalue weighted by Crippen LogP contribution is -2.13. The van der Waals surface area contributed by atoms with E-state index in [1.807, 2.05) is 0 Å². The molecule has 0 amide bonds. The van der Waals surface area contributed by atoms with E-state index in [9.17, 15) is 14.9 Å². The van der Waals surface area contributed by atoms with Gasteiger partial charge in [-0.15, -0.1) is 0 Å². The molecule has 0 saturated carbocycles. The number of hydrogen-bond donors (Lipinski definition) is 1. The molecule has 0 aliphatic rings. The molecular formula is C10H8N2O3. The highest BCUT2D eigenvalue weighted by molar-refractivity contribution is 5.84. The zero-order valence-corrected chi connectivity index (χ0v) is 7.98. The van der Waals surface area contributed by atoms with Crippen molar-refractivity contribution in [2.24, 2.45) is 0 Å². The molecule has 1 aromatic heterocycles. The van der Waals surface area contributed by atoms with E-state index in [0.29, 0.717) is 16.5 Å². The van der Waals surface area contributed by atoms with E-state index in [1.54, 1.807) is 31.2 Å². The number of nitrogens with one attached hydrogen (secondary N) is 1. The predicted octanol–water partition coefficient (Wildman–Crippen LogP) is 1.74. The summed E-state index contributed by atoms with van der Waals surface area (Å²) in [6.07, 6.45) is 0. The highest BCUT2D eigenvalue weighted by Gasteiger charge is 2.18. The highest BCUT2D eigenvalue weighted by Crippen LogP contribution is 2.20. The molecule has 1 heterocycles. The Morgan fingerprint density at radius 1 is 1.33 bits per heavy atom. The molecule has 0 spiro atoms. The first-order valence-corrected chi connectivity index (χ1v) is 4.37. The number of H-pyrrole nitrogens is 1. The summed E-state index contributed by atoms with van der Waals surface area (Å²) in [5.41, 5.74) is -0.0187. The van der Waals surface area contributed by atoms with Crippen LogP contribution in [0.3, 0.4) is 0 Å². The fraction of sp³-hybridized carbons (Fsp3) is 0.100. The van der Waals surface area contributed by atoms with E-state index in [-0.39, 0.29) is 5.69 Å². The maximum Gasteiger partial charge on any atom is 0.337 e. The summed E-state index contributed by atoms with van der Waals surface area (Å²) < 4.78 is 0. The van der Waals surface area contributed by atoms with Crippen molar-refractivity contribution in [3.63, 3.8) is 0 Å². The van der Waals surface area contributed by atoms with E-state index in [4.69, 9.17) is 0 Å². The van der Waals surface area contributed by atoms with Crippen LogP contribution in [-0.4, -0.2) is 9.91 Å². The van der Waals surface area contributed by atoms with Crippen LogP contribution in [0.2, 0.25) is 0 Å². The summed E-state index contributed by atoms with van der Waals surface area (Å²) in [6, 6.07) is 7.00. The molecule has 0 fully saturated rings. The number of fused-ring (bicyclic) bond motifs is 1. The zero-order chi connectivity index (χ0) is 11.0. The molecule has 5 heteroatoms. The third-order valence-electron chi connectivity index (χ3n) is 2.33. The van der Waals surface area contributed by atoms with Gasteiger partial charge in [0.1, 0.15) is 0 Å². The van der Waals surface area contributed by atoms with Crippen LogP contribution in [0.5, 0.6) is 0 Å². The van der Waals surface area contributed by atoms with Crippen molar-refractivity contribution in [3.8, 4) is 0 Å². The maximum absolute atomic E-state index is 11.4. The predicted molar refractivity (Wildman–Crippen MR) is 56.0 cm³/mol. The van der Waals surface area contributed by atoms with Gasteiger partial charge in [-0.25, -0.2) is 0 Å². The molecular weight excluding hydrogens is 196 g/mol. The average molecular weight is 204 g/mol. The van der Waals surface area contributed by atoms with Gasteiger partial charge in [-0.2, -0.15) is 0 Å². The van der Waals surface area contributed by atoms with Gasteiger partial charge in [-0.05, 0) is 13.0 Å². The first-order chi connectivity index (χ1) is 7.11. The van der Waals surface area contributed by atoms with E-state index >= 15 is 0 Å². The summed E-state index contributed by atoms with van der Waals surface area (Å²) in [5.74, 6) is 0. The van der Waals surface area contributed by atoms with Crippen LogP contribution in [0.25, 0.3) is 10.9 Å². The molecule has 5 nitrogen and oxygen atoms in total. The van der Waals surface area contributed by atoms with Gasteiger partial charge in [0.05, 0.1) is 4.92 Å². The van der Waals surface area contributed by atoms with Gasteiger partial charge in [0.2, 0.25) is 0 Å². The van der Waals surface area contributed by atoms with E-state index in [2.05, 4.69) is 4.98 Å². The monoisotopic (exact) mass is 204 g/mol. The molecule has 0 aliphatic heterocycles. The number of aromatic nitrogens is 1. The van der Waals surface area contributed by atoms with Crippen LogP contribution in [0.4, 0.5) is 5.69 Å². The number of aromatic amines is 1. The minimum atomic E-state index is -0.656. The van der Waals surface area contributed by atoms with Gasteiger partial charge in [-0.1, -0.05) is 18.2 Å². The number of nitrogens with zero attached hydrogens (tertiary/aromatic N) is 1. The maximum atomic E-state index is 11.4. The first kappa shape index (κ1) is 9.39. The summed E-state index contributed by atoms with van der Waals surface area (Å²) in [5, 5.41) is 11.4. The molecule has 15 heavy (non-hydrogen) atoms. The summed E-state index contributed by atoms with van der Waals surface area (Å²) in [4.78, 5) is 23.9. The van der Waals surface area contributed by atoms with E-state index in [0.717, 1.165) is 0 Å². The molecule has 2 aromatic rings. The minimum absolute atomic E-state index is 0.381. The standard InChI is InChI=1S/C10H8N2O3/c1-6-7-4-2-3-5-8(7)11-10(13)9(6)12(14)15/h2-5H,1H3,(H,11,13). The Labute approximate surface area is 84.5 Å². The van der Waals surface area contributed by atoms with Gasteiger partial charge < -0.3 is 4.98 Å². The van der Waals surface area contributed by atoms with Crippen LogP contribution in [0, 0.1) is 17.0 Å². The normalized spacial score (nSPS) is 10.5. The van der Waals surface area contributed by atoms with Crippen LogP contribution >= 0.6 is 0 Å². The molecule has 0 bridgehead atoms. The lowest BCUT2D eigenvalue weighted by molar-refractivity contribution is -0.386. The number of rotatable bonds is 1. The van der Waals surface area contributed by atoms with Crippen molar-refractivity contribution in [1.29, 1.82) is 0 Å². The molecule has 0 unspecified atom stereocenters. The van der Waals surface area contributed by atoms with Gasteiger partial charge in [0, 0.05) is 16.5 Å². The van der Waals surface area contributed by atoms with Gasteiger partial charge in [0.15, 0.2) is 0 Å². The minimum Gasteiger partial charge on any atom is -0.316 e. The van der Waals surface area contributed by atoms with E-state index < -0.39 is 10.5 Å². The number of pyridine rings is 1. The molecule has 76 valence electrons. The topological polar surface area (TPSA) is 76.0 Å². The largest absolute Gasteiger partial charge is 0.337 e. The fourth-order valence-corrected chi connectivity index (χ4v) is 1.62. The summed E-state index contributed by atoms with van der Waals surface area (Å²) >= 11 is 0. The van der Waals surface area contributed by atoms with Gasteiger partial charge in [0.25, 0.3) is 0 Å². The Morgan fingerprint density at radius 2 is 2.00 bits per heavy atom. The molecule has 1 aromatic carbocycles. The summed E-state index contributed by atoms with van der Waals surface area (Å²) in [6.45, 7) is 1.58. The number of hydrogen-bond acceptors (Lipinski definition) is 3. The number of nitro groups is 1. The van der Waals surface area contributed by atoms with E-state index in [1.165, 1.54) is 0 Å². The Morgan fingerprint density at radius 3 is 2.67 bits per heavy atom. The van der Waals surface area contributed by atoms with Crippen LogP contribution in [0.15, 0.2) is 29.1 Å². The number of para-hydroxylation sites is 1. The highest BCUT2D eigenvalue weighted by atomic mass is 16.6. The Balaban J connectivity index is 2.97. The summed E-state index contributed by atoms with van der Waals surface area (Å²) in [7, 11) is 0. The van der Waals surface area contributed by atoms with Gasteiger partial charge >= 0.3 is 11.2 Å². The lowest BCUT2D eigenvalue weighted by atomic mass is 10.1. The van der Waals surface area contributed by atoms with Crippen molar-refractivity contribution in [2.45, 2.75) is 6.92 Å². The quantitative estimate of drug-likeness (QED) is 0.567. The SMILES string of the molecule is Cc1c([N+](=O)[O-])c(=O)[nH]c2ccccc12. The second-order valence-corrected chi connectivity index (χ2v) is 3.23. The third-order valence-corrected chi connectivity index (χ3v) is 2.33. The van der Waals surface area contributed by atoms with Crippen molar-refractivity contribution in [2.75, 3.05) is 0 Å². The second-order valence-electron chi connectivity index (χ2n) is 3.23. The number of benzene rings is 1. The van der Waals surface area contributed by atoms with Crippen LogP contribution in [-0.2, 0) is 0 Å². The second kappa shape index (κ2) is 3.20. The lowest BCUT2D eigenvalue weighted by Gasteiger charge is -2.01. The number of aryl methyl sites for hydroxylation is 1. The molecule has 0 radical (unpaired) electrons. The molecule has 0 saturated heterocycles. The first-order valence-electron chi connectivity index (χ1n) is 4.37. The van der Waals surface area contributed by atoms with Crippen molar-refractivity contribution < 1.29 is 4.92 Å². The Kier molecular flexibility index (Phi) is 2.00. The van der Waals surface area contributed by atoms with Crippen molar-refractivity contribution in [1.82, 2.24) is 4.98 Å². The molecule has 2 rings (SSSR count). The third kappa shape index (κ3) is 1.38. The smallest absolute Gasteiger partial charge is 0.316 e. The Bertz CT molecular complexity index is 601. The van der Waals surface area contributed by atoms with Crippen molar-refractivity contribution in [3.05, 3.63) is 50.3 Å². The fourth-order valence-electron chi connectivity index (χ4n) is 1.62. The molecule has 0 atom stereocenters. The van der Waals surface area contributed by atoms with Gasteiger partial charge in [-0.3, -0.25) is 14.9 Å². The zero-order valence-electron chi connectivity index (χ0n) is 7.98. The van der Waals surface area contributed by atoms with Crippen LogP contribution in [0.1, 0.15) is 5.56 Å². The molecule has 0 aliphatic carbocycles. The van der Waals surface area contributed by atoms with Crippen molar-refractivity contribution >= 4 is 16.6 Å². The Hall–Kier alpha value is -2.17. The van der Waals surface area contributed by atoms with Crippen LogP contribution < -0.4 is 5.56 Å². The average Bonchev–Trinajstić information content (AvgIpc) is 2.17. The molecule has 1 N–H and O–H groups in total.